The van der Waals surface area contributed by atoms with Gasteiger partial charge < -0.3 is 14.6 Å². The SMILES string of the molecule is CC1(C)CCC[C@]23[C@@H]4C(=CC[C@@H]12)CO[C@@H]4O[C@@H]3O. The molecule has 0 aromatic carbocycles. The van der Waals surface area contributed by atoms with Crippen LogP contribution in [0.2, 0.25) is 0 Å². The van der Waals surface area contributed by atoms with E-state index in [-0.39, 0.29) is 11.7 Å². The van der Waals surface area contributed by atoms with Gasteiger partial charge in [0.05, 0.1) is 6.61 Å². The average Bonchev–Trinajstić information content (AvgIpc) is 2.83. The molecule has 0 bridgehead atoms. The van der Waals surface area contributed by atoms with Crippen molar-refractivity contribution in [2.24, 2.45) is 22.7 Å². The van der Waals surface area contributed by atoms with Crippen LogP contribution in [0.3, 0.4) is 0 Å². The molecule has 4 aliphatic rings. The molecule has 2 heterocycles. The summed E-state index contributed by atoms with van der Waals surface area (Å²) in [5.41, 5.74) is 1.60. The Kier molecular flexibility index (Phi) is 2.15. The minimum Gasteiger partial charge on any atom is -0.367 e. The van der Waals surface area contributed by atoms with Crippen molar-refractivity contribution < 1.29 is 14.6 Å². The third-order valence-electron chi connectivity index (χ3n) is 6.03. The van der Waals surface area contributed by atoms with Crippen molar-refractivity contribution in [3.63, 3.8) is 0 Å². The van der Waals surface area contributed by atoms with Crippen LogP contribution >= 0.6 is 0 Å². The van der Waals surface area contributed by atoms with Crippen LogP contribution in [0.1, 0.15) is 39.5 Å². The summed E-state index contributed by atoms with van der Waals surface area (Å²) in [6.45, 7) is 5.41. The highest BCUT2D eigenvalue weighted by Crippen LogP contribution is 2.66. The second-order valence-electron chi connectivity index (χ2n) is 7.17. The van der Waals surface area contributed by atoms with Crippen LogP contribution in [0.4, 0.5) is 0 Å². The third-order valence-corrected chi connectivity index (χ3v) is 6.03. The molecule has 0 radical (unpaired) electrons. The topological polar surface area (TPSA) is 38.7 Å². The van der Waals surface area contributed by atoms with Gasteiger partial charge in [0.25, 0.3) is 0 Å². The molecular formula is C15H22O3. The lowest BCUT2D eigenvalue weighted by atomic mass is 9.48. The maximum Gasteiger partial charge on any atom is 0.168 e. The molecule has 0 unspecified atom stereocenters. The molecule has 18 heavy (non-hydrogen) atoms. The first kappa shape index (κ1) is 11.4. The molecule has 3 fully saturated rings. The normalized spacial score (nSPS) is 52.7. The van der Waals surface area contributed by atoms with Gasteiger partial charge in [-0.25, -0.2) is 0 Å². The van der Waals surface area contributed by atoms with Gasteiger partial charge in [-0.1, -0.05) is 26.3 Å². The minimum absolute atomic E-state index is 0.0764. The van der Waals surface area contributed by atoms with Crippen molar-refractivity contribution in [3.8, 4) is 0 Å². The molecule has 100 valence electrons. The average molecular weight is 250 g/mol. The van der Waals surface area contributed by atoms with Crippen LogP contribution in [0, 0.1) is 22.7 Å². The molecule has 0 amide bonds. The van der Waals surface area contributed by atoms with Crippen LogP contribution in [-0.2, 0) is 9.47 Å². The number of ether oxygens (including phenoxy) is 2. The fraction of sp³-hybridized carbons (Fsp3) is 0.867. The van der Waals surface area contributed by atoms with Gasteiger partial charge in [0, 0.05) is 11.3 Å². The number of aliphatic hydroxyl groups excluding tert-OH is 1. The summed E-state index contributed by atoms with van der Waals surface area (Å²) >= 11 is 0. The van der Waals surface area contributed by atoms with Gasteiger partial charge in [-0.15, -0.1) is 0 Å². The van der Waals surface area contributed by atoms with Crippen molar-refractivity contribution in [2.45, 2.75) is 52.1 Å². The first-order chi connectivity index (χ1) is 8.56. The standard InChI is InChI=1S/C15H22O3/c1-14(2)6-3-7-15-10(14)5-4-9-8-17-12(11(9)15)18-13(15)16/h4,10-13,16H,3,5-8H2,1-2H3/t10-,11+,12+,13-,15+/m0/s1. The van der Waals surface area contributed by atoms with Crippen LogP contribution in [-0.4, -0.2) is 24.3 Å². The highest BCUT2D eigenvalue weighted by molar-refractivity contribution is 5.27. The second-order valence-corrected chi connectivity index (χ2v) is 7.17. The lowest BCUT2D eigenvalue weighted by molar-refractivity contribution is -0.213. The van der Waals surface area contributed by atoms with Gasteiger partial charge in [-0.05, 0) is 36.2 Å². The summed E-state index contributed by atoms with van der Waals surface area (Å²) in [5, 5.41) is 10.5. The molecule has 3 nitrogen and oxygen atoms in total. The second kappa shape index (κ2) is 3.38. The van der Waals surface area contributed by atoms with Crippen molar-refractivity contribution in [1.29, 1.82) is 0 Å². The van der Waals surface area contributed by atoms with E-state index in [1.165, 1.54) is 18.4 Å². The van der Waals surface area contributed by atoms with Crippen LogP contribution in [0.25, 0.3) is 0 Å². The Morgan fingerprint density at radius 3 is 3.00 bits per heavy atom. The van der Waals surface area contributed by atoms with E-state index < -0.39 is 6.29 Å². The maximum atomic E-state index is 10.5. The molecule has 3 heteroatoms. The third kappa shape index (κ3) is 1.16. The zero-order valence-electron chi connectivity index (χ0n) is 11.2. The minimum atomic E-state index is -0.638. The molecule has 1 saturated carbocycles. The summed E-state index contributed by atoms with van der Waals surface area (Å²) in [6, 6.07) is 0. The molecule has 0 aromatic heterocycles. The van der Waals surface area contributed by atoms with E-state index >= 15 is 0 Å². The van der Waals surface area contributed by atoms with Gasteiger partial charge in [-0.3, -0.25) is 0 Å². The Labute approximate surface area is 108 Å². The van der Waals surface area contributed by atoms with Crippen molar-refractivity contribution >= 4 is 0 Å². The predicted molar refractivity (Wildman–Crippen MR) is 66.6 cm³/mol. The van der Waals surface area contributed by atoms with Gasteiger partial charge in [-0.2, -0.15) is 0 Å². The molecule has 2 saturated heterocycles. The summed E-state index contributed by atoms with van der Waals surface area (Å²) in [4.78, 5) is 0. The number of hydrogen-bond donors (Lipinski definition) is 1. The largest absolute Gasteiger partial charge is 0.367 e. The van der Waals surface area contributed by atoms with Crippen LogP contribution < -0.4 is 0 Å². The number of aliphatic hydroxyl groups is 1. The lowest BCUT2D eigenvalue weighted by Gasteiger charge is -2.55. The summed E-state index contributed by atoms with van der Waals surface area (Å²) in [5.74, 6) is 0.833. The van der Waals surface area contributed by atoms with Gasteiger partial charge in [0.1, 0.15) is 0 Å². The zero-order valence-corrected chi connectivity index (χ0v) is 11.2. The molecule has 1 spiro atoms. The summed E-state index contributed by atoms with van der Waals surface area (Å²) in [6.07, 6.45) is 6.15. The van der Waals surface area contributed by atoms with Gasteiger partial charge in [0.15, 0.2) is 12.6 Å². The van der Waals surface area contributed by atoms with Crippen molar-refractivity contribution in [2.75, 3.05) is 6.61 Å². The van der Waals surface area contributed by atoms with Gasteiger partial charge >= 0.3 is 0 Å². The quantitative estimate of drug-likeness (QED) is 0.671. The Hall–Kier alpha value is -0.380. The highest BCUT2D eigenvalue weighted by Gasteiger charge is 2.67. The first-order valence-corrected chi connectivity index (χ1v) is 7.20. The van der Waals surface area contributed by atoms with Crippen molar-refractivity contribution in [1.82, 2.24) is 0 Å². The number of rotatable bonds is 0. The van der Waals surface area contributed by atoms with E-state index in [0.717, 1.165) is 12.8 Å². The first-order valence-electron chi connectivity index (χ1n) is 7.20. The van der Waals surface area contributed by atoms with E-state index in [9.17, 15) is 5.11 Å². The summed E-state index contributed by atoms with van der Waals surface area (Å²) in [7, 11) is 0. The van der Waals surface area contributed by atoms with E-state index in [4.69, 9.17) is 9.47 Å². The predicted octanol–water partition coefficient (Wildman–Crippen LogP) is 2.45. The molecule has 0 aromatic rings. The van der Waals surface area contributed by atoms with E-state index in [0.29, 0.717) is 23.9 Å². The molecule has 5 atom stereocenters. The van der Waals surface area contributed by atoms with Gasteiger partial charge in [0.2, 0.25) is 0 Å². The lowest BCUT2D eigenvalue weighted by Crippen LogP contribution is -2.53. The van der Waals surface area contributed by atoms with E-state index in [2.05, 4.69) is 19.9 Å². The molecule has 2 aliphatic heterocycles. The fourth-order valence-corrected chi connectivity index (χ4v) is 5.25. The highest BCUT2D eigenvalue weighted by atomic mass is 16.7. The molecule has 1 N–H and O–H groups in total. The molecule has 4 rings (SSSR count). The fourth-order valence-electron chi connectivity index (χ4n) is 5.25. The Morgan fingerprint density at radius 1 is 1.33 bits per heavy atom. The van der Waals surface area contributed by atoms with Crippen molar-refractivity contribution in [3.05, 3.63) is 11.6 Å². The molecule has 2 aliphatic carbocycles. The smallest absolute Gasteiger partial charge is 0.168 e. The van der Waals surface area contributed by atoms with E-state index in [1.54, 1.807) is 0 Å². The van der Waals surface area contributed by atoms with E-state index in [1.807, 2.05) is 0 Å². The van der Waals surface area contributed by atoms with Crippen LogP contribution in [0.5, 0.6) is 0 Å². The monoisotopic (exact) mass is 250 g/mol. The maximum absolute atomic E-state index is 10.5. The Morgan fingerprint density at radius 2 is 2.17 bits per heavy atom. The number of allylic oxidation sites excluding steroid dienone is 1. The Bertz CT molecular complexity index is 414. The number of hydrogen-bond acceptors (Lipinski definition) is 3. The Balaban J connectivity index is 1.86. The van der Waals surface area contributed by atoms with Crippen LogP contribution in [0.15, 0.2) is 11.6 Å². The summed E-state index contributed by atoms with van der Waals surface area (Å²) < 4.78 is 11.5. The zero-order chi connectivity index (χ0) is 12.5. The molecular weight excluding hydrogens is 228 g/mol.